The lowest BCUT2D eigenvalue weighted by Gasteiger charge is -2.29. The van der Waals surface area contributed by atoms with E-state index in [-0.39, 0.29) is 0 Å². The van der Waals surface area contributed by atoms with Crippen LogP contribution in [-0.2, 0) is 0 Å². The second kappa shape index (κ2) is 28.7. The summed E-state index contributed by atoms with van der Waals surface area (Å²) >= 11 is 0. The molecule has 0 saturated heterocycles. The van der Waals surface area contributed by atoms with Crippen molar-refractivity contribution in [1.82, 2.24) is 0 Å². The minimum absolute atomic E-state index is 0.315. The smallest absolute Gasteiger partial charge is 0.0114 e. The molecule has 0 aliphatic rings. The fourth-order valence-corrected chi connectivity index (χ4v) is 17.3. The Morgan fingerprint density at radius 2 is 0.275 bits per heavy atom. The molecule has 0 aliphatic carbocycles. The van der Waals surface area contributed by atoms with Gasteiger partial charge < -0.3 is 0 Å². The Labute approximate surface area is 555 Å². The van der Waals surface area contributed by atoms with E-state index in [2.05, 4.69) is 330 Å². The van der Waals surface area contributed by atoms with E-state index in [0.29, 0.717) is 71.0 Å². The van der Waals surface area contributed by atoms with Crippen LogP contribution in [0.1, 0.15) is 304 Å². The minimum atomic E-state index is -1.39. The fourth-order valence-electron chi connectivity index (χ4n) is 14.8. The number of benzene rings is 9. The van der Waals surface area contributed by atoms with E-state index < -0.39 is 7.92 Å². The summed E-state index contributed by atoms with van der Waals surface area (Å²) in [6.07, 6.45) is 0. The first-order valence-corrected chi connectivity index (χ1v) is 36.5. The van der Waals surface area contributed by atoms with Crippen LogP contribution in [0.3, 0.4) is 0 Å². The standard InChI is InChI=1S/C90H111P/c1-52(2)73-31-25-32-74(53(3)4)85(73)64-43-65(86-75(54(5)6)33-26-34-76(86)55(7)8)47-70(46-64)91(71-48-66(87-77(56(9)10)35-27-36-78(87)57(11)12)44-67(49-71)88-79(58(13)14)37-28-38-80(88)59(15)16)72-50-68(89-81(60(17)18)39-29-40-82(89)61(19)20)45-69(51-72)90-83(62(21)22)41-30-42-84(90)63(23)24/h25-63H,1-24H3. The summed E-state index contributed by atoms with van der Waals surface area (Å²) < 4.78 is 0. The number of hydrogen-bond acceptors (Lipinski definition) is 0. The Hall–Kier alpha value is -6.59. The summed E-state index contributed by atoms with van der Waals surface area (Å²) in [6, 6.07) is 66.9. The lowest BCUT2D eigenvalue weighted by atomic mass is 9.82. The Morgan fingerprint density at radius 1 is 0.165 bits per heavy atom. The van der Waals surface area contributed by atoms with Gasteiger partial charge in [0.15, 0.2) is 0 Å². The van der Waals surface area contributed by atoms with Crippen molar-refractivity contribution in [2.24, 2.45) is 0 Å². The minimum Gasteiger partial charge on any atom is -0.0617 e. The SMILES string of the molecule is CC(C)c1cccc(C(C)C)c1-c1cc(-c2c(C(C)C)cccc2C(C)C)cc(P(c2cc(-c3c(C(C)C)cccc3C(C)C)cc(-c3c(C(C)C)cccc3C(C)C)c2)c2cc(-c3c(C(C)C)cccc3C(C)C)cc(-c3c(C(C)C)cccc3C(C)C)c2)c1. The van der Waals surface area contributed by atoms with Crippen molar-refractivity contribution in [2.75, 3.05) is 0 Å². The van der Waals surface area contributed by atoms with E-state index in [9.17, 15) is 0 Å². The monoisotopic (exact) mass is 1220 g/mol. The average molecular weight is 1220 g/mol. The molecule has 0 heterocycles. The molecule has 91 heavy (non-hydrogen) atoms. The van der Waals surface area contributed by atoms with E-state index in [1.807, 2.05) is 0 Å². The molecule has 476 valence electrons. The van der Waals surface area contributed by atoms with Gasteiger partial charge in [0, 0.05) is 0 Å². The maximum Gasteiger partial charge on any atom is -0.0114 e. The molecule has 0 atom stereocenters. The molecule has 9 rings (SSSR count). The molecule has 0 unspecified atom stereocenters. The van der Waals surface area contributed by atoms with E-state index in [0.717, 1.165) is 0 Å². The fraction of sp³-hybridized carbons (Fsp3) is 0.400. The molecule has 0 amide bonds. The third-order valence-corrected chi connectivity index (χ3v) is 21.8. The van der Waals surface area contributed by atoms with Crippen molar-refractivity contribution in [3.8, 4) is 66.8 Å². The molecule has 0 radical (unpaired) electrons. The van der Waals surface area contributed by atoms with Crippen LogP contribution < -0.4 is 15.9 Å². The Kier molecular flexibility index (Phi) is 21.7. The van der Waals surface area contributed by atoms with E-state index in [1.165, 1.54) is 149 Å². The molecule has 0 saturated carbocycles. The zero-order valence-electron chi connectivity index (χ0n) is 60.5. The Balaban J connectivity index is 1.62. The first kappa shape index (κ1) is 68.8. The topological polar surface area (TPSA) is 0 Å². The van der Waals surface area contributed by atoms with Crippen molar-refractivity contribution in [1.29, 1.82) is 0 Å². The van der Waals surface area contributed by atoms with E-state index >= 15 is 0 Å². The molecule has 1 heteroatoms. The highest BCUT2D eigenvalue weighted by Crippen LogP contribution is 2.50. The zero-order valence-corrected chi connectivity index (χ0v) is 61.4. The van der Waals surface area contributed by atoms with Crippen LogP contribution in [0, 0.1) is 0 Å². The van der Waals surface area contributed by atoms with Gasteiger partial charge in [-0.05, 0) is 283 Å². The average Bonchev–Trinajstić information content (AvgIpc) is 3.57. The zero-order chi connectivity index (χ0) is 66.2. The Bertz CT molecular complexity index is 3210. The summed E-state index contributed by atoms with van der Waals surface area (Å²) in [5, 5.41) is 4.13. The highest BCUT2D eigenvalue weighted by atomic mass is 31.1. The van der Waals surface area contributed by atoms with Crippen LogP contribution in [0.25, 0.3) is 66.8 Å². The van der Waals surface area contributed by atoms with Gasteiger partial charge in [0.1, 0.15) is 0 Å². The highest BCUT2D eigenvalue weighted by molar-refractivity contribution is 7.79. The van der Waals surface area contributed by atoms with Gasteiger partial charge in [-0.2, -0.15) is 0 Å². The Morgan fingerprint density at radius 3 is 0.374 bits per heavy atom. The van der Waals surface area contributed by atoms with Crippen molar-refractivity contribution in [2.45, 2.75) is 237 Å². The van der Waals surface area contributed by atoms with Gasteiger partial charge >= 0.3 is 0 Å². The van der Waals surface area contributed by atoms with Gasteiger partial charge in [0.2, 0.25) is 0 Å². The van der Waals surface area contributed by atoms with Crippen LogP contribution >= 0.6 is 7.92 Å². The molecular formula is C90H111P. The maximum absolute atomic E-state index is 2.69. The van der Waals surface area contributed by atoms with Gasteiger partial charge in [0.05, 0.1) is 0 Å². The van der Waals surface area contributed by atoms with Crippen molar-refractivity contribution in [3.05, 3.63) is 231 Å². The van der Waals surface area contributed by atoms with Gasteiger partial charge in [-0.1, -0.05) is 275 Å². The quantitative estimate of drug-likeness (QED) is 0.0629. The van der Waals surface area contributed by atoms with E-state index in [4.69, 9.17) is 0 Å². The predicted octanol–water partition coefficient (Wildman–Crippen LogP) is 26.9. The van der Waals surface area contributed by atoms with Gasteiger partial charge in [-0.25, -0.2) is 0 Å². The predicted molar refractivity (Wildman–Crippen MR) is 407 cm³/mol. The molecule has 0 aliphatic heterocycles. The summed E-state index contributed by atoms with van der Waals surface area (Å²) in [4.78, 5) is 0. The third kappa shape index (κ3) is 14.2. The molecule has 9 aromatic carbocycles. The van der Waals surface area contributed by atoms with Gasteiger partial charge in [-0.15, -0.1) is 0 Å². The van der Waals surface area contributed by atoms with Gasteiger partial charge in [-0.3, -0.25) is 0 Å². The molecule has 0 N–H and O–H groups in total. The lowest BCUT2D eigenvalue weighted by molar-refractivity contribution is 0.837. The molecule has 0 nitrogen and oxygen atoms in total. The molecule has 0 bridgehead atoms. The first-order valence-electron chi connectivity index (χ1n) is 35.2. The number of hydrogen-bond donors (Lipinski definition) is 0. The van der Waals surface area contributed by atoms with E-state index in [1.54, 1.807) is 0 Å². The largest absolute Gasteiger partial charge is 0.0617 e. The maximum atomic E-state index is 2.69. The van der Waals surface area contributed by atoms with Crippen LogP contribution in [-0.4, -0.2) is 0 Å². The van der Waals surface area contributed by atoms with Gasteiger partial charge in [0.25, 0.3) is 0 Å². The highest BCUT2D eigenvalue weighted by Gasteiger charge is 2.30. The summed E-state index contributed by atoms with van der Waals surface area (Å²) in [6.45, 7) is 57.5. The van der Waals surface area contributed by atoms with Crippen LogP contribution in [0.2, 0.25) is 0 Å². The van der Waals surface area contributed by atoms with Crippen molar-refractivity contribution in [3.63, 3.8) is 0 Å². The molecule has 0 fully saturated rings. The summed E-state index contributed by atoms with van der Waals surface area (Å²) in [5.41, 5.74) is 33.1. The van der Waals surface area contributed by atoms with Crippen LogP contribution in [0.15, 0.2) is 164 Å². The lowest BCUT2D eigenvalue weighted by Crippen LogP contribution is -2.23. The van der Waals surface area contributed by atoms with Crippen molar-refractivity contribution < 1.29 is 0 Å². The van der Waals surface area contributed by atoms with Crippen molar-refractivity contribution >= 4 is 23.8 Å². The van der Waals surface area contributed by atoms with Crippen LogP contribution in [0.5, 0.6) is 0 Å². The molecule has 0 spiro atoms. The normalized spacial score (nSPS) is 12.4. The second-order valence-electron chi connectivity index (χ2n) is 30.4. The second-order valence-corrected chi connectivity index (χ2v) is 32.6. The third-order valence-electron chi connectivity index (χ3n) is 19.5. The summed E-state index contributed by atoms with van der Waals surface area (Å²) in [7, 11) is -1.39. The van der Waals surface area contributed by atoms with Crippen LogP contribution in [0.4, 0.5) is 0 Å². The molecule has 9 aromatic rings. The summed E-state index contributed by atoms with van der Waals surface area (Å²) in [5.74, 6) is 3.77. The molecule has 0 aromatic heterocycles. The first-order chi connectivity index (χ1) is 43.1. The number of rotatable bonds is 21. The molecular weight excluding hydrogens is 1110 g/mol.